The lowest BCUT2D eigenvalue weighted by molar-refractivity contribution is 0.122. The molecule has 2 aromatic rings. The Morgan fingerprint density at radius 2 is 1.79 bits per heavy atom. The Hall–Kier alpha value is -2.93. The van der Waals surface area contributed by atoms with E-state index in [4.69, 9.17) is 19.9 Å². The number of aliphatic imine (C=N–C) groups is 1. The van der Waals surface area contributed by atoms with E-state index in [1.165, 1.54) is 5.69 Å². The van der Waals surface area contributed by atoms with Crippen LogP contribution < -0.4 is 25.4 Å². The van der Waals surface area contributed by atoms with E-state index in [0.717, 1.165) is 55.5 Å². The van der Waals surface area contributed by atoms with E-state index in [1.54, 1.807) is 0 Å². The van der Waals surface area contributed by atoms with Gasteiger partial charge in [0.05, 0.1) is 33.0 Å². The summed E-state index contributed by atoms with van der Waals surface area (Å²) >= 11 is 0. The maximum absolute atomic E-state index is 6.12. The number of benzene rings is 2. The summed E-state index contributed by atoms with van der Waals surface area (Å²) in [7, 11) is 0. The Morgan fingerprint density at radius 1 is 1.00 bits per heavy atom. The van der Waals surface area contributed by atoms with Crippen molar-refractivity contribution in [1.29, 1.82) is 0 Å². The zero-order valence-electron chi connectivity index (χ0n) is 15.9. The lowest BCUT2D eigenvalue weighted by Crippen LogP contribution is -2.36. The highest BCUT2D eigenvalue weighted by Crippen LogP contribution is 2.32. The first kappa shape index (κ1) is 18.4. The summed E-state index contributed by atoms with van der Waals surface area (Å²) in [5.41, 5.74) is 9.29. The van der Waals surface area contributed by atoms with Gasteiger partial charge in [0.25, 0.3) is 0 Å². The standard InChI is InChI=1S/C21H26N4O3/c22-21(24-17-6-7-19-20(14-17)28-11-3-10-27-19)23-15-16-4-1-2-5-18(16)25-8-12-26-13-9-25/h1-2,4-7,14H,3,8-13,15H2,(H3,22,23,24). The molecule has 2 aliphatic rings. The average Bonchev–Trinajstić information content (AvgIpc) is 2.98. The minimum absolute atomic E-state index is 0.367. The predicted octanol–water partition coefficient (Wildman–Crippen LogP) is 2.61. The van der Waals surface area contributed by atoms with Gasteiger partial charge in [-0.15, -0.1) is 0 Å². The van der Waals surface area contributed by atoms with Crippen molar-refractivity contribution in [2.75, 3.05) is 49.7 Å². The summed E-state index contributed by atoms with van der Waals surface area (Å²) in [6, 6.07) is 14.0. The molecule has 0 bridgehead atoms. The van der Waals surface area contributed by atoms with Crippen molar-refractivity contribution in [3.8, 4) is 11.5 Å². The van der Waals surface area contributed by atoms with E-state index in [0.29, 0.717) is 25.7 Å². The second-order valence-electron chi connectivity index (χ2n) is 6.77. The van der Waals surface area contributed by atoms with Gasteiger partial charge in [0, 0.05) is 37.0 Å². The van der Waals surface area contributed by atoms with Crippen LogP contribution in [0.15, 0.2) is 47.5 Å². The first-order valence-corrected chi connectivity index (χ1v) is 9.67. The van der Waals surface area contributed by atoms with Gasteiger partial charge in [-0.3, -0.25) is 0 Å². The number of hydrogen-bond donors (Lipinski definition) is 2. The number of nitrogens with one attached hydrogen (secondary N) is 1. The highest BCUT2D eigenvalue weighted by Gasteiger charge is 2.14. The van der Waals surface area contributed by atoms with Crippen molar-refractivity contribution in [3.63, 3.8) is 0 Å². The van der Waals surface area contributed by atoms with E-state index in [2.05, 4.69) is 33.4 Å². The van der Waals surface area contributed by atoms with Crippen molar-refractivity contribution in [1.82, 2.24) is 0 Å². The molecule has 2 heterocycles. The Bertz CT molecular complexity index is 834. The fourth-order valence-electron chi connectivity index (χ4n) is 3.36. The summed E-state index contributed by atoms with van der Waals surface area (Å²) in [4.78, 5) is 6.86. The van der Waals surface area contributed by atoms with Crippen LogP contribution in [0.2, 0.25) is 0 Å². The lowest BCUT2D eigenvalue weighted by atomic mass is 10.1. The molecule has 3 N–H and O–H groups in total. The number of rotatable bonds is 4. The maximum atomic E-state index is 6.12. The number of fused-ring (bicyclic) bond motifs is 1. The van der Waals surface area contributed by atoms with Crippen LogP contribution in [0.4, 0.5) is 11.4 Å². The number of ether oxygens (including phenoxy) is 3. The number of guanidine groups is 1. The normalized spacial score (nSPS) is 17.1. The number of nitrogens with two attached hydrogens (primary N) is 1. The molecule has 0 aromatic heterocycles. The molecular weight excluding hydrogens is 356 g/mol. The molecule has 2 aromatic carbocycles. The van der Waals surface area contributed by atoms with Crippen LogP contribution in [0.1, 0.15) is 12.0 Å². The van der Waals surface area contributed by atoms with Crippen LogP contribution in [0.5, 0.6) is 11.5 Å². The third kappa shape index (κ3) is 4.48. The molecule has 2 aliphatic heterocycles. The number of nitrogens with zero attached hydrogens (tertiary/aromatic N) is 2. The summed E-state index contributed by atoms with van der Waals surface area (Å²) in [5, 5.41) is 3.14. The monoisotopic (exact) mass is 382 g/mol. The topological polar surface area (TPSA) is 81.3 Å². The van der Waals surface area contributed by atoms with Crippen molar-refractivity contribution in [2.24, 2.45) is 10.7 Å². The van der Waals surface area contributed by atoms with Crippen LogP contribution >= 0.6 is 0 Å². The van der Waals surface area contributed by atoms with Crippen molar-refractivity contribution in [2.45, 2.75) is 13.0 Å². The van der Waals surface area contributed by atoms with Gasteiger partial charge >= 0.3 is 0 Å². The first-order valence-electron chi connectivity index (χ1n) is 9.67. The number of morpholine rings is 1. The van der Waals surface area contributed by atoms with E-state index in [1.807, 2.05) is 24.3 Å². The fourth-order valence-corrected chi connectivity index (χ4v) is 3.36. The zero-order chi connectivity index (χ0) is 19.2. The Kier molecular flexibility index (Phi) is 5.82. The van der Waals surface area contributed by atoms with Gasteiger partial charge in [0.1, 0.15) is 0 Å². The summed E-state index contributed by atoms with van der Waals surface area (Å²) < 4.78 is 16.8. The van der Waals surface area contributed by atoms with E-state index < -0.39 is 0 Å². The fraction of sp³-hybridized carbons (Fsp3) is 0.381. The van der Waals surface area contributed by atoms with Gasteiger partial charge in [-0.05, 0) is 23.8 Å². The van der Waals surface area contributed by atoms with Gasteiger partial charge in [-0.25, -0.2) is 4.99 Å². The van der Waals surface area contributed by atoms with E-state index >= 15 is 0 Å². The average molecular weight is 382 g/mol. The van der Waals surface area contributed by atoms with Crippen molar-refractivity contribution >= 4 is 17.3 Å². The van der Waals surface area contributed by atoms with E-state index in [-0.39, 0.29) is 0 Å². The molecule has 148 valence electrons. The largest absolute Gasteiger partial charge is 0.490 e. The first-order chi connectivity index (χ1) is 13.8. The molecule has 0 unspecified atom stereocenters. The molecule has 1 fully saturated rings. The number of hydrogen-bond acceptors (Lipinski definition) is 5. The van der Waals surface area contributed by atoms with Crippen LogP contribution in [-0.4, -0.2) is 45.5 Å². The van der Waals surface area contributed by atoms with Crippen LogP contribution in [-0.2, 0) is 11.3 Å². The summed E-state index contributed by atoms with van der Waals surface area (Å²) in [6.45, 7) is 5.13. The van der Waals surface area contributed by atoms with Gasteiger partial charge in [0.15, 0.2) is 17.5 Å². The van der Waals surface area contributed by atoms with Gasteiger partial charge < -0.3 is 30.2 Å². The Balaban J connectivity index is 1.43. The van der Waals surface area contributed by atoms with E-state index in [9.17, 15) is 0 Å². The minimum atomic E-state index is 0.367. The molecular formula is C21H26N4O3. The quantitative estimate of drug-likeness (QED) is 0.625. The maximum Gasteiger partial charge on any atom is 0.193 e. The van der Waals surface area contributed by atoms with Gasteiger partial charge in [-0.2, -0.15) is 0 Å². The number of para-hydroxylation sites is 1. The molecule has 0 amide bonds. The molecule has 7 nitrogen and oxygen atoms in total. The second kappa shape index (κ2) is 8.84. The highest BCUT2D eigenvalue weighted by molar-refractivity contribution is 5.92. The van der Waals surface area contributed by atoms with Crippen LogP contribution in [0.25, 0.3) is 0 Å². The van der Waals surface area contributed by atoms with Crippen LogP contribution in [0, 0.1) is 0 Å². The smallest absolute Gasteiger partial charge is 0.193 e. The molecule has 0 atom stereocenters. The molecule has 1 saturated heterocycles. The number of anilines is 2. The molecule has 4 rings (SSSR count). The molecule has 0 spiro atoms. The molecule has 28 heavy (non-hydrogen) atoms. The summed E-state index contributed by atoms with van der Waals surface area (Å²) in [5.74, 6) is 1.86. The molecule has 7 heteroatoms. The Labute approximate surface area is 165 Å². The zero-order valence-corrected chi connectivity index (χ0v) is 15.9. The molecule has 0 aliphatic carbocycles. The molecule has 0 saturated carbocycles. The lowest BCUT2D eigenvalue weighted by Gasteiger charge is -2.30. The third-order valence-electron chi connectivity index (χ3n) is 4.78. The summed E-state index contributed by atoms with van der Waals surface area (Å²) in [6.07, 6.45) is 0.879. The van der Waals surface area contributed by atoms with Gasteiger partial charge in [0.2, 0.25) is 0 Å². The van der Waals surface area contributed by atoms with Gasteiger partial charge in [-0.1, -0.05) is 18.2 Å². The highest BCUT2D eigenvalue weighted by atomic mass is 16.5. The SMILES string of the molecule is NC(=NCc1ccccc1N1CCOCC1)Nc1ccc2c(c1)OCCCO2. The minimum Gasteiger partial charge on any atom is -0.490 e. The third-order valence-corrected chi connectivity index (χ3v) is 4.78. The predicted molar refractivity (Wildman–Crippen MR) is 110 cm³/mol. The molecule has 0 radical (unpaired) electrons. The van der Waals surface area contributed by atoms with Crippen molar-refractivity contribution < 1.29 is 14.2 Å². The Morgan fingerprint density at radius 3 is 2.64 bits per heavy atom. The second-order valence-corrected chi connectivity index (χ2v) is 6.77. The van der Waals surface area contributed by atoms with Crippen molar-refractivity contribution in [3.05, 3.63) is 48.0 Å². The van der Waals surface area contributed by atoms with Crippen LogP contribution in [0.3, 0.4) is 0 Å².